The number of nitrogens with zero attached hydrogens (tertiary/aromatic N) is 2. The molecule has 0 aromatic carbocycles. The van der Waals surface area contributed by atoms with Crippen molar-refractivity contribution in [2.75, 3.05) is 0 Å². The van der Waals surface area contributed by atoms with Crippen LogP contribution in [0.4, 0.5) is 0 Å². The van der Waals surface area contributed by atoms with E-state index in [1.807, 2.05) is 20.9 Å². The van der Waals surface area contributed by atoms with Gasteiger partial charge in [-0.2, -0.15) is 5.10 Å². The molecule has 3 nitrogen and oxygen atoms in total. The van der Waals surface area contributed by atoms with E-state index in [9.17, 15) is 0 Å². The standard InChI is InChI=1S/C9H16ClN3/c1-6(11)4-5-8-7(2)12-13(3)9(8)10/h6H,4-5,11H2,1-3H3/t6-/m0/s1. The van der Waals surface area contributed by atoms with E-state index in [1.165, 1.54) is 0 Å². The Kier molecular flexibility index (Phi) is 3.33. The second-order valence-electron chi connectivity index (χ2n) is 3.49. The molecule has 0 aliphatic heterocycles. The first-order chi connectivity index (χ1) is 6.02. The Morgan fingerprint density at radius 3 is 2.62 bits per heavy atom. The van der Waals surface area contributed by atoms with E-state index in [1.54, 1.807) is 4.68 Å². The van der Waals surface area contributed by atoms with E-state index in [-0.39, 0.29) is 6.04 Å². The highest BCUT2D eigenvalue weighted by molar-refractivity contribution is 6.30. The van der Waals surface area contributed by atoms with Gasteiger partial charge >= 0.3 is 0 Å². The molecule has 0 fully saturated rings. The molecule has 0 saturated carbocycles. The van der Waals surface area contributed by atoms with Gasteiger partial charge in [0.2, 0.25) is 0 Å². The second-order valence-corrected chi connectivity index (χ2v) is 3.85. The number of rotatable bonds is 3. The van der Waals surface area contributed by atoms with Crippen LogP contribution in [0.15, 0.2) is 0 Å². The van der Waals surface area contributed by atoms with Gasteiger partial charge in [-0.1, -0.05) is 11.6 Å². The van der Waals surface area contributed by atoms with Gasteiger partial charge in [-0.25, -0.2) is 0 Å². The minimum absolute atomic E-state index is 0.218. The lowest BCUT2D eigenvalue weighted by Crippen LogP contribution is -2.15. The fraction of sp³-hybridized carbons (Fsp3) is 0.667. The lowest BCUT2D eigenvalue weighted by Gasteiger charge is -2.03. The first kappa shape index (κ1) is 10.5. The van der Waals surface area contributed by atoms with E-state index in [0.717, 1.165) is 29.3 Å². The van der Waals surface area contributed by atoms with Crippen LogP contribution in [0, 0.1) is 6.92 Å². The molecule has 0 saturated heterocycles. The summed E-state index contributed by atoms with van der Waals surface area (Å²) in [5, 5.41) is 4.97. The van der Waals surface area contributed by atoms with E-state index < -0.39 is 0 Å². The van der Waals surface area contributed by atoms with Crippen LogP contribution in [0.25, 0.3) is 0 Å². The molecule has 0 unspecified atom stereocenters. The van der Waals surface area contributed by atoms with Gasteiger partial charge in [0.1, 0.15) is 5.15 Å². The molecule has 1 atom stereocenters. The molecule has 74 valence electrons. The Labute approximate surface area is 83.9 Å². The Bertz CT molecular complexity index is 291. The molecule has 0 aliphatic carbocycles. The molecule has 2 N–H and O–H groups in total. The van der Waals surface area contributed by atoms with Crippen LogP contribution < -0.4 is 5.73 Å². The highest BCUT2D eigenvalue weighted by Gasteiger charge is 2.10. The van der Waals surface area contributed by atoms with Crippen LogP contribution in [0.1, 0.15) is 24.6 Å². The van der Waals surface area contributed by atoms with Crippen molar-refractivity contribution in [2.45, 2.75) is 32.7 Å². The quantitative estimate of drug-likeness (QED) is 0.809. The number of hydrogen-bond acceptors (Lipinski definition) is 2. The number of nitrogens with two attached hydrogens (primary N) is 1. The average Bonchev–Trinajstić information content (AvgIpc) is 2.24. The molecule has 1 aromatic heterocycles. The largest absolute Gasteiger partial charge is 0.328 e. The van der Waals surface area contributed by atoms with Crippen molar-refractivity contribution in [3.8, 4) is 0 Å². The fourth-order valence-corrected chi connectivity index (χ4v) is 1.60. The molecule has 1 rings (SSSR count). The minimum atomic E-state index is 0.218. The van der Waals surface area contributed by atoms with Crippen molar-refractivity contribution >= 4 is 11.6 Å². The van der Waals surface area contributed by atoms with Gasteiger partial charge in [0.25, 0.3) is 0 Å². The molecule has 13 heavy (non-hydrogen) atoms. The van der Waals surface area contributed by atoms with Gasteiger partial charge in [0, 0.05) is 18.7 Å². The maximum absolute atomic E-state index is 6.06. The van der Waals surface area contributed by atoms with Gasteiger partial charge in [-0.3, -0.25) is 4.68 Å². The summed E-state index contributed by atoms with van der Waals surface area (Å²) in [6.07, 6.45) is 1.86. The lowest BCUT2D eigenvalue weighted by atomic mass is 10.1. The normalized spacial score (nSPS) is 13.3. The highest BCUT2D eigenvalue weighted by Crippen LogP contribution is 2.20. The van der Waals surface area contributed by atoms with Crippen molar-refractivity contribution in [1.82, 2.24) is 9.78 Å². The number of halogens is 1. The molecule has 4 heteroatoms. The Hall–Kier alpha value is -0.540. The maximum Gasteiger partial charge on any atom is 0.130 e. The predicted octanol–water partition coefficient (Wildman–Crippen LogP) is 1.66. The zero-order valence-electron chi connectivity index (χ0n) is 8.34. The van der Waals surface area contributed by atoms with E-state index in [2.05, 4.69) is 5.10 Å². The molecule has 0 bridgehead atoms. The monoisotopic (exact) mass is 201 g/mol. The van der Waals surface area contributed by atoms with Gasteiger partial charge in [-0.05, 0) is 26.7 Å². The topological polar surface area (TPSA) is 43.8 Å². The molecule has 1 heterocycles. The highest BCUT2D eigenvalue weighted by atomic mass is 35.5. The second kappa shape index (κ2) is 4.11. The summed E-state index contributed by atoms with van der Waals surface area (Å²) < 4.78 is 1.70. The van der Waals surface area contributed by atoms with Crippen LogP contribution in [-0.4, -0.2) is 15.8 Å². The van der Waals surface area contributed by atoms with Crippen molar-refractivity contribution in [1.29, 1.82) is 0 Å². The van der Waals surface area contributed by atoms with Crippen molar-refractivity contribution in [2.24, 2.45) is 12.8 Å². The third-order valence-electron chi connectivity index (χ3n) is 2.12. The SMILES string of the molecule is Cc1nn(C)c(Cl)c1CC[C@H](C)N. The van der Waals surface area contributed by atoms with Crippen LogP contribution in [-0.2, 0) is 13.5 Å². The van der Waals surface area contributed by atoms with Crippen molar-refractivity contribution < 1.29 is 0 Å². The predicted molar refractivity (Wildman–Crippen MR) is 54.9 cm³/mol. The summed E-state index contributed by atoms with van der Waals surface area (Å²) in [6, 6.07) is 0.218. The number of aryl methyl sites for hydroxylation is 2. The van der Waals surface area contributed by atoms with E-state index in [0.29, 0.717) is 0 Å². The zero-order valence-corrected chi connectivity index (χ0v) is 9.10. The van der Waals surface area contributed by atoms with E-state index >= 15 is 0 Å². The first-order valence-electron chi connectivity index (χ1n) is 4.46. The van der Waals surface area contributed by atoms with Crippen LogP contribution in [0.3, 0.4) is 0 Å². The van der Waals surface area contributed by atoms with Crippen LogP contribution in [0.5, 0.6) is 0 Å². The summed E-state index contributed by atoms with van der Waals surface area (Å²) in [7, 11) is 1.85. The average molecular weight is 202 g/mol. The molecule has 0 aliphatic rings. The Morgan fingerprint density at radius 2 is 2.23 bits per heavy atom. The number of hydrogen-bond donors (Lipinski definition) is 1. The van der Waals surface area contributed by atoms with Crippen molar-refractivity contribution in [3.63, 3.8) is 0 Å². The lowest BCUT2D eigenvalue weighted by molar-refractivity contribution is 0.664. The molecular formula is C9H16ClN3. The Balaban J connectivity index is 2.76. The fourth-order valence-electron chi connectivity index (χ4n) is 1.33. The molecule has 0 radical (unpaired) electrons. The zero-order chi connectivity index (χ0) is 10.0. The van der Waals surface area contributed by atoms with Gasteiger partial charge in [0.15, 0.2) is 0 Å². The first-order valence-corrected chi connectivity index (χ1v) is 4.83. The molecule has 0 amide bonds. The van der Waals surface area contributed by atoms with Gasteiger partial charge in [0.05, 0.1) is 5.69 Å². The summed E-state index contributed by atoms with van der Waals surface area (Å²) in [6.45, 7) is 3.97. The summed E-state index contributed by atoms with van der Waals surface area (Å²) in [5.74, 6) is 0. The molecule has 1 aromatic rings. The minimum Gasteiger partial charge on any atom is -0.328 e. The smallest absolute Gasteiger partial charge is 0.130 e. The third-order valence-corrected chi connectivity index (χ3v) is 2.59. The van der Waals surface area contributed by atoms with Gasteiger partial charge in [-0.15, -0.1) is 0 Å². The summed E-state index contributed by atoms with van der Waals surface area (Å²) in [4.78, 5) is 0. The molecular weight excluding hydrogens is 186 g/mol. The summed E-state index contributed by atoms with van der Waals surface area (Å²) in [5.41, 5.74) is 7.81. The molecule has 0 spiro atoms. The summed E-state index contributed by atoms with van der Waals surface area (Å²) >= 11 is 6.06. The van der Waals surface area contributed by atoms with Crippen molar-refractivity contribution in [3.05, 3.63) is 16.4 Å². The third kappa shape index (κ3) is 2.45. The maximum atomic E-state index is 6.06. The van der Waals surface area contributed by atoms with E-state index in [4.69, 9.17) is 17.3 Å². The Morgan fingerprint density at radius 1 is 1.62 bits per heavy atom. The van der Waals surface area contributed by atoms with Gasteiger partial charge < -0.3 is 5.73 Å². The number of aromatic nitrogens is 2. The van der Waals surface area contributed by atoms with Crippen LogP contribution in [0.2, 0.25) is 5.15 Å². The van der Waals surface area contributed by atoms with Crippen LogP contribution >= 0.6 is 11.6 Å².